The molecule has 2 aliphatic heterocycles. The van der Waals surface area contributed by atoms with E-state index in [1.165, 1.54) is 18.9 Å². The first kappa shape index (κ1) is 30.3. The zero-order valence-corrected chi connectivity index (χ0v) is 24.1. The summed E-state index contributed by atoms with van der Waals surface area (Å²) in [5, 5.41) is 12.0. The average Bonchev–Trinajstić information content (AvgIpc) is 3.62. The van der Waals surface area contributed by atoms with Gasteiger partial charge in [-0.05, 0) is 62.3 Å². The lowest BCUT2D eigenvalue weighted by Gasteiger charge is -2.35. The highest BCUT2D eigenvalue weighted by Crippen LogP contribution is 2.54. The van der Waals surface area contributed by atoms with Crippen LogP contribution in [-0.2, 0) is 10.0 Å². The third-order valence-electron chi connectivity index (χ3n) is 8.01. The predicted molar refractivity (Wildman–Crippen MR) is 155 cm³/mol. The second-order valence-electron chi connectivity index (χ2n) is 11.0. The lowest BCUT2D eigenvalue weighted by molar-refractivity contribution is -0.0221. The van der Waals surface area contributed by atoms with Crippen molar-refractivity contribution in [3.63, 3.8) is 0 Å². The molecule has 13 heteroatoms. The molecule has 1 aromatic heterocycles. The Hall–Kier alpha value is -2.70. The molecule has 0 radical (unpaired) electrons. The fourth-order valence-electron chi connectivity index (χ4n) is 5.44. The first-order valence-corrected chi connectivity index (χ1v) is 15.1. The van der Waals surface area contributed by atoms with Crippen LogP contribution in [0.3, 0.4) is 0 Å². The molecule has 3 N–H and O–H groups in total. The largest absolute Gasteiger partial charge is 0.395 e. The van der Waals surface area contributed by atoms with Gasteiger partial charge < -0.3 is 20.2 Å². The van der Waals surface area contributed by atoms with Crippen molar-refractivity contribution in [1.82, 2.24) is 4.98 Å². The standard InChI is InChI=1S/C27H35F2N5O4S.ClH/c1-19-16-21(18-24(30-19)34-12-8-27(28,29)9-13-34)31-25(36)22-3-2-20(32-39(37,38)15-14-35)17-23(22)33-10-6-26(4-5-26)7-11-33;/h2-3,16-18,32,35H,4-15H2,1H3,(H,30,31,36);1H. The van der Waals surface area contributed by atoms with Gasteiger partial charge in [0.1, 0.15) is 5.82 Å². The number of aryl methyl sites for hydroxylation is 1. The molecule has 1 aliphatic carbocycles. The number of anilines is 4. The van der Waals surface area contributed by atoms with Crippen LogP contribution in [0.5, 0.6) is 0 Å². The summed E-state index contributed by atoms with van der Waals surface area (Å²) in [6.45, 7) is 3.20. The highest BCUT2D eigenvalue weighted by atomic mass is 35.5. The molecule has 0 atom stereocenters. The number of aliphatic hydroxyl groups is 1. The Morgan fingerprint density at radius 2 is 1.62 bits per heavy atom. The summed E-state index contributed by atoms with van der Waals surface area (Å²) in [4.78, 5) is 22.0. The molecule has 3 aliphatic rings. The number of halogens is 3. The summed E-state index contributed by atoms with van der Waals surface area (Å²) in [6, 6.07) is 8.24. The summed E-state index contributed by atoms with van der Waals surface area (Å²) in [7, 11) is -3.73. The Kier molecular flexibility index (Phi) is 8.82. The minimum atomic E-state index is -3.73. The third kappa shape index (κ3) is 7.13. The Labute approximate surface area is 239 Å². The smallest absolute Gasteiger partial charge is 0.257 e. The lowest BCUT2D eigenvalue weighted by atomic mass is 9.93. The van der Waals surface area contributed by atoms with Crippen molar-refractivity contribution in [2.24, 2.45) is 5.41 Å². The molecular weight excluding hydrogens is 564 g/mol. The van der Waals surface area contributed by atoms with E-state index in [1.807, 2.05) is 0 Å². The van der Waals surface area contributed by atoms with Crippen LogP contribution in [0.2, 0.25) is 0 Å². The first-order chi connectivity index (χ1) is 18.5. The van der Waals surface area contributed by atoms with E-state index in [1.54, 1.807) is 36.1 Å². The monoisotopic (exact) mass is 599 g/mol. The molecule has 1 amide bonds. The molecule has 3 fully saturated rings. The molecule has 0 bridgehead atoms. The number of aliphatic hydroxyl groups excluding tert-OH is 1. The first-order valence-electron chi connectivity index (χ1n) is 13.4. The van der Waals surface area contributed by atoms with E-state index in [9.17, 15) is 22.0 Å². The third-order valence-corrected chi connectivity index (χ3v) is 9.28. The number of hydrogen-bond donors (Lipinski definition) is 3. The van der Waals surface area contributed by atoms with Gasteiger partial charge in [-0.2, -0.15) is 0 Å². The molecule has 2 saturated heterocycles. The van der Waals surface area contributed by atoms with Crippen molar-refractivity contribution in [2.75, 3.05) is 58.4 Å². The number of carbonyl (C=O) groups is 1. The Balaban J connectivity index is 0.00000370. The molecule has 1 aromatic carbocycles. The number of nitrogens with one attached hydrogen (secondary N) is 2. The lowest BCUT2D eigenvalue weighted by Crippen LogP contribution is -2.39. The highest BCUT2D eigenvalue weighted by Gasteiger charge is 2.44. The molecule has 0 unspecified atom stereocenters. The quantitative estimate of drug-likeness (QED) is 0.412. The van der Waals surface area contributed by atoms with Gasteiger partial charge in [-0.15, -0.1) is 12.4 Å². The van der Waals surface area contributed by atoms with Gasteiger partial charge in [0.05, 0.1) is 29.3 Å². The highest BCUT2D eigenvalue weighted by molar-refractivity contribution is 7.92. The molecule has 2 aromatic rings. The second kappa shape index (κ2) is 11.7. The van der Waals surface area contributed by atoms with Crippen LogP contribution in [0.4, 0.5) is 31.7 Å². The number of hydrogen-bond acceptors (Lipinski definition) is 7. The molecule has 3 heterocycles. The Bertz CT molecular complexity index is 1340. The van der Waals surface area contributed by atoms with Crippen molar-refractivity contribution < 1.29 is 27.1 Å². The number of amides is 1. The van der Waals surface area contributed by atoms with Crippen molar-refractivity contribution in [1.29, 1.82) is 0 Å². The number of sulfonamides is 1. The molecule has 1 saturated carbocycles. The zero-order valence-electron chi connectivity index (χ0n) is 22.5. The zero-order chi connectivity index (χ0) is 27.8. The molecule has 220 valence electrons. The SMILES string of the molecule is Cc1cc(NC(=O)c2ccc(NS(=O)(=O)CCO)cc2N2CCC3(CC2)CC3)cc(N2CCC(F)(F)CC2)n1.Cl. The van der Waals surface area contributed by atoms with E-state index in [0.717, 1.165) is 25.9 Å². The van der Waals surface area contributed by atoms with Crippen LogP contribution in [0, 0.1) is 12.3 Å². The van der Waals surface area contributed by atoms with Crippen LogP contribution in [0.25, 0.3) is 0 Å². The van der Waals surface area contributed by atoms with Crippen LogP contribution in [0.1, 0.15) is 54.6 Å². The van der Waals surface area contributed by atoms with Crippen molar-refractivity contribution in [3.8, 4) is 0 Å². The summed E-state index contributed by atoms with van der Waals surface area (Å²) in [5.41, 5.74) is 2.94. The predicted octanol–water partition coefficient (Wildman–Crippen LogP) is 4.41. The van der Waals surface area contributed by atoms with Gasteiger partial charge in [-0.25, -0.2) is 22.2 Å². The topological polar surface area (TPSA) is 115 Å². The van der Waals surface area contributed by atoms with Crippen LogP contribution in [0.15, 0.2) is 30.3 Å². The summed E-state index contributed by atoms with van der Waals surface area (Å²) in [5.74, 6) is -2.90. The molecule has 1 spiro atoms. The molecule has 40 heavy (non-hydrogen) atoms. The minimum absolute atomic E-state index is 0. The maximum atomic E-state index is 13.6. The Morgan fingerprint density at radius 1 is 0.975 bits per heavy atom. The number of aromatic nitrogens is 1. The summed E-state index contributed by atoms with van der Waals surface area (Å²) >= 11 is 0. The van der Waals surface area contributed by atoms with E-state index in [2.05, 4.69) is 19.9 Å². The molecule has 9 nitrogen and oxygen atoms in total. The van der Waals surface area contributed by atoms with Gasteiger partial charge >= 0.3 is 0 Å². The van der Waals surface area contributed by atoms with Crippen molar-refractivity contribution in [2.45, 2.75) is 51.4 Å². The van der Waals surface area contributed by atoms with Gasteiger partial charge in [0.15, 0.2) is 0 Å². The van der Waals surface area contributed by atoms with E-state index < -0.39 is 28.3 Å². The second-order valence-corrected chi connectivity index (χ2v) is 12.9. The summed E-state index contributed by atoms with van der Waals surface area (Å²) in [6.07, 6.45) is 4.03. The van der Waals surface area contributed by atoms with E-state index in [0.29, 0.717) is 39.6 Å². The van der Waals surface area contributed by atoms with Gasteiger partial charge in [0.2, 0.25) is 10.0 Å². The number of pyridine rings is 1. The van der Waals surface area contributed by atoms with E-state index in [-0.39, 0.29) is 44.2 Å². The summed E-state index contributed by atoms with van der Waals surface area (Å²) < 4.78 is 54.3. The molecule has 5 rings (SSSR count). The normalized spacial score (nSPS) is 19.6. The Morgan fingerprint density at radius 3 is 2.25 bits per heavy atom. The van der Waals surface area contributed by atoms with Crippen LogP contribution >= 0.6 is 12.4 Å². The maximum Gasteiger partial charge on any atom is 0.257 e. The number of rotatable bonds is 8. The van der Waals surface area contributed by atoms with E-state index >= 15 is 0 Å². The number of carbonyl (C=O) groups excluding carboxylic acids is 1. The fraction of sp³-hybridized carbons (Fsp3) is 0.556. The maximum absolute atomic E-state index is 13.6. The number of alkyl halides is 2. The van der Waals surface area contributed by atoms with Gasteiger partial charge in [-0.1, -0.05) is 0 Å². The van der Waals surface area contributed by atoms with Crippen LogP contribution in [-0.4, -0.2) is 68.9 Å². The number of benzene rings is 1. The number of piperidine rings is 2. The van der Waals surface area contributed by atoms with Crippen molar-refractivity contribution >= 4 is 51.2 Å². The van der Waals surface area contributed by atoms with Gasteiger partial charge in [0.25, 0.3) is 11.8 Å². The average molecular weight is 600 g/mol. The van der Waals surface area contributed by atoms with Crippen LogP contribution < -0.4 is 19.8 Å². The van der Waals surface area contributed by atoms with Gasteiger partial charge in [0, 0.05) is 56.5 Å². The number of nitrogens with zero attached hydrogens (tertiary/aromatic N) is 3. The fourth-order valence-corrected chi connectivity index (χ4v) is 6.27. The molecular formula is C27H36ClF2N5O4S. The minimum Gasteiger partial charge on any atom is -0.395 e. The van der Waals surface area contributed by atoms with E-state index in [4.69, 9.17) is 5.11 Å². The van der Waals surface area contributed by atoms with Gasteiger partial charge in [-0.3, -0.25) is 9.52 Å². The van der Waals surface area contributed by atoms with Crippen molar-refractivity contribution in [3.05, 3.63) is 41.6 Å².